The van der Waals surface area contributed by atoms with Crippen LogP contribution in [0.15, 0.2) is 103 Å². The lowest BCUT2D eigenvalue weighted by molar-refractivity contribution is -0.129. The van der Waals surface area contributed by atoms with Gasteiger partial charge in [0, 0.05) is 24.8 Å². The first-order valence-electron chi connectivity index (χ1n) is 12.2. The van der Waals surface area contributed by atoms with Crippen LogP contribution < -0.4 is 4.90 Å². The van der Waals surface area contributed by atoms with Gasteiger partial charge in [0.1, 0.15) is 0 Å². The summed E-state index contributed by atoms with van der Waals surface area (Å²) in [5.41, 5.74) is 6.58. The molecule has 0 N–H and O–H groups in total. The quantitative estimate of drug-likeness (QED) is 0.297. The van der Waals surface area contributed by atoms with Crippen LogP contribution in [-0.2, 0) is 24.3 Å². The smallest absolute Gasteiger partial charge is 0.258 e. The summed E-state index contributed by atoms with van der Waals surface area (Å²) in [6.45, 7) is 5.01. The van der Waals surface area contributed by atoms with E-state index in [-0.39, 0.29) is 18.2 Å². The molecule has 2 amide bonds. The van der Waals surface area contributed by atoms with Gasteiger partial charge in [0.2, 0.25) is 5.91 Å². The van der Waals surface area contributed by atoms with Crippen molar-refractivity contribution >= 4 is 17.5 Å². The minimum atomic E-state index is -0.0571. The maximum absolute atomic E-state index is 13.7. The maximum Gasteiger partial charge on any atom is 0.258 e. The molecule has 0 atom stereocenters. The van der Waals surface area contributed by atoms with Gasteiger partial charge in [-0.05, 0) is 54.3 Å². The first kappa shape index (κ1) is 24.9. The summed E-state index contributed by atoms with van der Waals surface area (Å²) in [6.07, 6.45) is 0.272. The van der Waals surface area contributed by atoms with Crippen molar-refractivity contribution in [1.82, 2.24) is 4.90 Å². The highest BCUT2D eigenvalue weighted by atomic mass is 16.2. The molecule has 4 rings (SSSR count). The molecule has 0 heterocycles. The molecular weight excluding hydrogens is 444 g/mol. The Balaban J connectivity index is 1.58. The zero-order valence-corrected chi connectivity index (χ0v) is 21.1. The average molecular weight is 477 g/mol. The molecule has 0 unspecified atom stereocenters. The molecule has 36 heavy (non-hydrogen) atoms. The predicted octanol–water partition coefficient (Wildman–Crippen LogP) is 6.35. The number of hydrogen-bond donors (Lipinski definition) is 0. The third kappa shape index (κ3) is 6.28. The van der Waals surface area contributed by atoms with Crippen molar-refractivity contribution in [2.45, 2.75) is 33.4 Å². The topological polar surface area (TPSA) is 40.6 Å². The number of carbonyl (C=O) groups excluding carboxylic acids is 2. The Kier molecular flexibility index (Phi) is 7.96. The second-order valence-corrected chi connectivity index (χ2v) is 9.27. The second-order valence-electron chi connectivity index (χ2n) is 9.27. The van der Waals surface area contributed by atoms with E-state index in [0.717, 1.165) is 27.9 Å². The molecule has 0 bridgehead atoms. The van der Waals surface area contributed by atoms with Gasteiger partial charge in [-0.2, -0.15) is 0 Å². The Morgan fingerprint density at radius 1 is 0.667 bits per heavy atom. The number of benzene rings is 4. The summed E-state index contributed by atoms with van der Waals surface area (Å²) in [5.74, 6) is -0.0235. The van der Waals surface area contributed by atoms with Crippen molar-refractivity contribution in [2.75, 3.05) is 11.9 Å². The van der Waals surface area contributed by atoms with Crippen LogP contribution in [-0.4, -0.2) is 23.8 Å². The first-order valence-corrected chi connectivity index (χ1v) is 12.2. The summed E-state index contributed by atoms with van der Waals surface area (Å²) in [4.78, 5) is 30.2. The molecule has 4 nitrogen and oxygen atoms in total. The SMILES string of the molecule is Cc1ccc(CN(C(=O)c2ccccc2C)c2cccc(CC(=O)N(C)Cc3ccccc3)c2)cc1. The van der Waals surface area contributed by atoms with Crippen LogP contribution >= 0.6 is 0 Å². The van der Waals surface area contributed by atoms with E-state index in [1.807, 2.05) is 92.8 Å². The Bertz CT molecular complexity index is 1330. The summed E-state index contributed by atoms with van der Waals surface area (Å²) in [6, 6.07) is 33.6. The lowest BCUT2D eigenvalue weighted by atomic mass is 10.0. The Labute approximate surface area is 213 Å². The zero-order chi connectivity index (χ0) is 25.5. The second kappa shape index (κ2) is 11.5. The first-order chi connectivity index (χ1) is 17.4. The Hall–Kier alpha value is -4.18. The third-order valence-corrected chi connectivity index (χ3v) is 6.35. The summed E-state index contributed by atoms with van der Waals surface area (Å²) >= 11 is 0. The number of aryl methyl sites for hydroxylation is 2. The van der Waals surface area contributed by atoms with Crippen LogP contribution in [0.1, 0.15) is 38.2 Å². The Morgan fingerprint density at radius 3 is 2.03 bits per heavy atom. The van der Waals surface area contributed by atoms with E-state index in [2.05, 4.69) is 31.2 Å². The largest absolute Gasteiger partial charge is 0.341 e. The van der Waals surface area contributed by atoms with E-state index >= 15 is 0 Å². The van der Waals surface area contributed by atoms with Crippen LogP contribution in [0.4, 0.5) is 5.69 Å². The molecule has 4 aromatic rings. The number of amides is 2. The number of nitrogens with zero attached hydrogens (tertiary/aromatic N) is 2. The van der Waals surface area contributed by atoms with Crippen molar-refractivity contribution in [3.8, 4) is 0 Å². The number of rotatable bonds is 8. The highest BCUT2D eigenvalue weighted by Crippen LogP contribution is 2.24. The highest BCUT2D eigenvalue weighted by Gasteiger charge is 2.21. The predicted molar refractivity (Wildman–Crippen MR) is 146 cm³/mol. The average Bonchev–Trinajstić information content (AvgIpc) is 2.89. The molecule has 4 heteroatoms. The molecule has 0 spiro atoms. The van der Waals surface area contributed by atoms with Gasteiger partial charge in [-0.3, -0.25) is 9.59 Å². The van der Waals surface area contributed by atoms with Crippen molar-refractivity contribution < 1.29 is 9.59 Å². The van der Waals surface area contributed by atoms with E-state index in [4.69, 9.17) is 0 Å². The molecule has 4 aromatic carbocycles. The summed E-state index contributed by atoms with van der Waals surface area (Å²) in [5, 5.41) is 0. The van der Waals surface area contributed by atoms with Gasteiger partial charge in [0.15, 0.2) is 0 Å². The van der Waals surface area contributed by atoms with Gasteiger partial charge in [0.05, 0.1) is 13.0 Å². The highest BCUT2D eigenvalue weighted by molar-refractivity contribution is 6.07. The lowest BCUT2D eigenvalue weighted by Gasteiger charge is -2.25. The molecule has 0 aromatic heterocycles. The van der Waals surface area contributed by atoms with Gasteiger partial charge in [0.25, 0.3) is 5.91 Å². The van der Waals surface area contributed by atoms with E-state index in [1.54, 1.807) is 9.80 Å². The van der Waals surface area contributed by atoms with Crippen molar-refractivity contribution in [1.29, 1.82) is 0 Å². The monoisotopic (exact) mass is 476 g/mol. The third-order valence-electron chi connectivity index (χ3n) is 6.35. The van der Waals surface area contributed by atoms with E-state index in [0.29, 0.717) is 18.7 Å². The van der Waals surface area contributed by atoms with E-state index in [9.17, 15) is 9.59 Å². The molecule has 0 aliphatic carbocycles. The number of hydrogen-bond acceptors (Lipinski definition) is 2. The van der Waals surface area contributed by atoms with Crippen molar-refractivity contribution in [2.24, 2.45) is 0 Å². The molecule has 0 aliphatic heterocycles. The fourth-order valence-corrected chi connectivity index (χ4v) is 4.20. The fraction of sp³-hybridized carbons (Fsp3) is 0.188. The van der Waals surface area contributed by atoms with Gasteiger partial charge in [-0.25, -0.2) is 0 Å². The molecule has 182 valence electrons. The summed E-state index contributed by atoms with van der Waals surface area (Å²) < 4.78 is 0. The minimum absolute atomic E-state index is 0.0336. The van der Waals surface area contributed by atoms with Crippen LogP contribution in [0.5, 0.6) is 0 Å². The van der Waals surface area contributed by atoms with Crippen LogP contribution in [0, 0.1) is 13.8 Å². The standard InChI is InChI=1S/C32H32N2O2/c1-24-16-18-27(19-17-24)23-34(32(36)30-15-8-7-10-25(30)2)29-14-9-13-28(20-29)21-31(35)33(3)22-26-11-5-4-6-12-26/h4-20H,21-23H2,1-3H3. The Morgan fingerprint density at radius 2 is 1.31 bits per heavy atom. The molecule has 0 aliphatic rings. The molecule has 0 radical (unpaired) electrons. The number of likely N-dealkylation sites (N-methyl/N-ethyl adjacent to an activating group) is 1. The van der Waals surface area contributed by atoms with Gasteiger partial charge < -0.3 is 9.80 Å². The number of anilines is 1. The van der Waals surface area contributed by atoms with Crippen LogP contribution in [0.25, 0.3) is 0 Å². The van der Waals surface area contributed by atoms with Crippen molar-refractivity contribution in [3.63, 3.8) is 0 Å². The molecule has 0 saturated carbocycles. The van der Waals surface area contributed by atoms with Crippen LogP contribution in [0.2, 0.25) is 0 Å². The van der Waals surface area contributed by atoms with Crippen LogP contribution in [0.3, 0.4) is 0 Å². The normalized spacial score (nSPS) is 10.6. The maximum atomic E-state index is 13.7. The van der Waals surface area contributed by atoms with Gasteiger partial charge in [-0.15, -0.1) is 0 Å². The molecule has 0 fully saturated rings. The van der Waals surface area contributed by atoms with E-state index < -0.39 is 0 Å². The van der Waals surface area contributed by atoms with Gasteiger partial charge in [-0.1, -0.05) is 90.5 Å². The van der Waals surface area contributed by atoms with Gasteiger partial charge >= 0.3 is 0 Å². The summed E-state index contributed by atoms with van der Waals surface area (Å²) in [7, 11) is 1.82. The molecule has 0 saturated heterocycles. The minimum Gasteiger partial charge on any atom is -0.341 e. The van der Waals surface area contributed by atoms with Crippen molar-refractivity contribution in [3.05, 3.63) is 137 Å². The number of carbonyl (C=O) groups is 2. The van der Waals surface area contributed by atoms with E-state index in [1.165, 1.54) is 5.56 Å². The molecular formula is C32H32N2O2. The fourth-order valence-electron chi connectivity index (χ4n) is 4.20. The lowest BCUT2D eigenvalue weighted by Crippen LogP contribution is -2.31. The zero-order valence-electron chi connectivity index (χ0n) is 21.1.